The summed E-state index contributed by atoms with van der Waals surface area (Å²) in [7, 11) is 0. The summed E-state index contributed by atoms with van der Waals surface area (Å²) in [5, 5.41) is 3.67. The second-order valence-corrected chi connectivity index (χ2v) is 6.83. The van der Waals surface area contributed by atoms with Gasteiger partial charge in [-0.3, -0.25) is 4.98 Å². The Kier molecular flexibility index (Phi) is 5.04. The number of halogens is 1. The molecule has 0 amide bonds. The van der Waals surface area contributed by atoms with Gasteiger partial charge >= 0.3 is 0 Å². The minimum absolute atomic E-state index is 0.599. The van der Waals surface area contributed by atoms with Gasteiger partial charge in [-0.2, -0.15) is 0 Å². The number of nitrogens with one attached hydrogen (secondary N) is 1. The predicted octanol–water partition coefficient (Wildman–Crippen LogP) is 4.00. The van der Waals surface area contributed by atoms with Gasteiger partial charge in [0.25, 0.3) is 0 Å². The lowest BCUT2D eigenvalue weighted by Gasteiger charge is -2.17. The zero-order valence-electron chi connectivity index (χ0n) is 12.1. The Labute approximate surface area is 135 Å². The summed E-state index contributed by atoms with van der Waals surface area (Å²) in [5.41, 5.74) is 2.59. The Balaban J connectivity index is 1.64. The van der Waals surface area contributed by atoms with Crippen molar-refractivity contribution in [2.45, 2.75) is 31.7 Å². The molecule has 0 aliphatic heterocycles. The van der Waals surface area contributed by atoms with Crippen LogP contribution in [0.25, 0.3) is 0 Å². The Morgan fingerprint density at radius 3 is 2.57 bits per heavy atom. The maximum Gasteiger partial charge on any atom is 0.0413 e. The Hall–Kier alpha value is -1.19. The summed E-state index contributed by atoms with van der Waals surface area (Å²) in [5.74, 6) is 0.599. The molecule has 1 atom stereocenters. The number of aromatic nitrogens is 1. The molecule has 1 fully saturated rings. The third kappa shape index (κ3) is 4.94. The van der Waals surface area contributed by atoms with Crippen molar-refractivity contribution < 1.29 is 0 Å². The van der Waals surface area contributed by atoms with Crippen molar-refractivity contribution in [1.82, 2.24) is 10.3 Å². The molecule has 3 heteroatoms. The monoisotopic (exact) mass is 344 g/mol. The molecule has 1 N–H and O–H groups in total. The van der Waals surface area contributed by atoms with Gasteiger partial charge in [-0.1, -0.05) is 30.3 Å². The van der Waals surface area contributed by atoms with Crippen molar-refractivity contribution in [2.24, 2.45) is 5.92 Å². The lowest BCUT2D eigenvalue weighted by molar-refractivity contribution is 0.465. The van der Waals surface area contributed by atoms with Crippen LogP contribution in [-0.4, -0.2) is 17.6 Å². The van der Waals surface area contributed by atoms with Gasteiger partial charge in [0.15, 0.2) is 0 Å². The maximum atomic E-state index is 4.53. The fourth-order valence-corrected chi connectivity index (χ4v) is 2.84. The van der Waals surface area contributed by atoms with Gasteiger partial charge in [0.05, 0.1) is 0 Å². The first-order valence-electron chi connectivity index (χ1n) is 7.67. The first-order chi connectivity index (χ1) is 10.3. The van der Waals surface area contributed by atoms with Crippen LogP contribution in [0.1, 0.15) is 24.1 Å². The number of pyridine rings is 1. The molecule has 1 aromatic carbocycles. The molecule has 0 spiro atoms. The molecule has 0 saturated heterocycles. The van der Waals surface area contributed by atoms with E-state index in [4.69, 9.17) is 0 Å². The number of hydrogen-bond acceptors (Lipinski definition) is 2. The quantitative estimate of drug-likeness (QED) is 0.821. The zero-order chi connectivity index (χ0) is 14.5. The lowest BCUT2D eigenvalue weighted by atomic mass is 9.94. The molecule has 0 radical (unpaired) electrons. The molecule has 2 nitrogen and oxygen atoms in total. The summed E-state index contributed by atoms with van der Waals surface area (Å²) < 4.78 is 1.04. The van der Waals surface area contributed by atoms with Crippen LogP contribution in [-0.2, 0) is 12.8 Å². The van der Waals surface area contributed by atoms with E-state index >= 15 is 0 Å². The average Bonchev–Trinajstić information content (AvgIpc) is 3.32. The SMILES string of the molecule is Brc1ccc(CC(CNC2CC2)Cc2ccccc2)nc1. The van der Waals surface area contributed by atoms with E-state index in [2.05, 4.69) is 68.7 Å². The van der Waals surface area contributed by atoms with Crippen molar-refractivity contribution in [3.8, 4) is 0 Å². The Bertz CT molecular complexity index is 549. The number of hydrogen-bond donors (Lipinski definition) is 1. The molecule has 1 aliphatic carbocycles. The third-order valence-electron chi connectivity index (χ3n) is 3.93. The van der Waals surface area contributed by atoms with Crippen LogP contribution in [0.3, 0.4) is 0 Å². The maximum absolute atomic E-state index is 4.53. The molecule has 1 unspecified atom stereocenters. The van der Waals surface area contributed by atoms with Crippen LogP contribution < -0.4 is 5.32 Å². The summed E-state index contributed by atoms with van der Waals surface area (Å²) in [6, 6.07) is 15.7. The fourth-order valence-electron chi connectivity index (χ4n) is 2.61. The van der Waals surface area contributed by atoms with E-state index < -0.39 is 0 Å². The van der Waals surface area contributed by atoms with E-state index in [1.165, 1.54) is 24.1 Å². The molecule has 1 aliphatic rings. The van der Waals surface area contributed by atoms with Gasteiger partial charge in [0.1, 0.15) is 0 Å². The van der Waals surface area contributed by atoms with Gasteiger partial charge in [-0.05, 0) is 71.8 Å². The summed E-state index contributed by atoms with van der Waals surface area (Å²) in [6.45, 7) is 1.08. The number of benzene rings is 1. The van der Waals surface area contributed by atoms with E-state index in [9.17, 15) is 0 Å². The first-order valence-corrected chi connectivity index (χ1v) is 8.46. The van der Waals surface area contributed by atoms with E-state index in [1.54, 1.807) is 0 Å². The molecular formula is C18H21BrN2. The molecule has 1 aromatic heterocycles. The highest BCUT2D eigenvalue weighted by Gasteiger charge is 2.22. The van der Waals surface area contributed by atoms with Crippen LogP contribution in [0.5, 0.6) is 0 Å². The Morgan fingerprint density at radius 1 is 1.10 bits per heavy atom. The molecule has 0 bridgehead atoms. The van der Waals surface area contributed by atoms with Crippen molar-refractivity contribution in [3.05, 3.63) is 64.4 Å². The highest BCUT2D eigenvalue weighted by atomic mass is 79.9. The van der Waals surface area contributed by atoms with Gasteiger partial charge in [0.2, 0.25) is 0 Å². The molecule has 2 aromatic rings. The smallest absolute Gasteiger partial charge is 0.0413 e. The van der Waals surface area contributed by atoms with E-state index in [0.29, 0.717) is 5.92 Å². The van der Waals surface area contributed by atoms with Crippen LogP contribution in [0.4, 0.5) is 0 Å². The minimum atomic E-state index is 0.599. The molecular weight excluding hydrogens is 324 g/mol. The van der Waals surface area contributed by atoms with Gasteiger partial charge in [-0.25, -0.2) is 0 Å². The third-order valence-corrected chi connectivity index (χ3v) is 4.40. The number of rotatable bonds is 7. The molecule has 21 heavy (non-hydrogen) atoms. The average molecular weight is 345 g/mol. The van der Waals surface area contributed by atoms with Crippen LogP contribution in [0.2, 0.25) is 0 Å². The largest absolute Gasteiger partial charge is 0.314 e. The summed E-state index contributed by atoms with van der Waals surface area (Å²) in [4.78, 5) is 4.53. The topological polar surface area (TPSA) is 24.9 Å². The van der Waals surface area contributed by atoms with Crippen molar-refractivity contribution in [3.63, 3.8) is 0 Å². The lowest BCUT2D eigenvalue weighted by Crippen LogP contribution is -2.27. The second kappa shape index (κ2) is 7.19. The van der Waals surface area contributed by atoms with Crippen molar-refractivity contribution in [2.75, 3.05) is 6.54 Å². The van der Waals surface area contributed by atoms with Crippen LogP contribution in [0.15, 0.2) is 53.1 Å². The van der Waals surface area contributed by atoms with Gasteiger partial charge in [-0.15, -0.1) is 0 Å². The normalized spacial score (nSPS) is 15.9. The molecule has 3 rings (SSSR count). The zero-order valence-corrected chi connectivity index (χ0v) is 13.7. The highest BCUT2D eigenvalue weighted by Crippen LogP contribution is 2.21. The Morgan fingerprint density at radius 2 is 1.90 bits per heavy atom. The van der Waals surface area contributed by atoms with E-state index in [1.807, 2.05) is 6.20 Å². The van der Waals surface area contributed by atoms with Crippen molar-refractivity contribution in [1.29, 1.82) is 0 Å². The molecule has 1 saturated carbocycles. The number of nitrogens with zero attached hydrogens (tertiary/aromatic N) is 1. The molecule has 1 heterocycles. The summed E-state index contributed by atoms with van der Waals surface area (Å²) >= 11 is 3.45. The standard InChI is InChI=1S/C18H21BrN2/c19-16-6-7-18(21-13-16)11-15(12-20-17-8-9-17)10-14-4-2-1-3-5-14/h1-7,13,15,17,20H,8-12H2. The second-order valence-electron chi connectivity index (χ2n) is 5.91. The van der Waals surface area contributed by atoms with E-state index in [0.717, 1.165) is 29.9 Å². The van der Waals surface area contributed by atoms with Gasteiger partial charge < -0.3 is 5.32 Å². The predicted molar refractivity (Wildman–Crippen MR) is 90.3 cm³/mol. The van der Waals surface area contributed by atoms with E-state index in [-0.39, 0.29) is 0 Å². The van der Waals surface area contributed by atoms with Crippen molar-refractivity contribution >= 4 is 15.9 Å². The van der Waals surface area contributed by atoms with Crippen LogP contribution in [0, 0.1) is 5.92 Å². The minimum Gasteiger partial charge on any atom is -0.314 e. The van der Waals surface area contributed by atoms with Crippen LogP contribution >= 0.6 is 15.9 Å². The fraction of sp³-hybridized carbons (Fsp3) is 0.389. The summed E-state index contributed by atoms with van der Waals surface area (Å²) in [6.07, 6.45) is 6.71. The first kappa shape index (κ1) is 14.7. The highest BCUT2D eigenvalue weighted by molar-refractivity contribution is 9.10. The van der Waals surface area contributed by atoms with Gasteiger partial charge in [0, 0.05) is 22.4 Å². The molecule has 110 valence electrons.